The maximum Gasteiger partial charge on any atom is 0.263 e. The number of hydrogen-bond acceptors (Lipinski definition) is 4. The number of anilines is 1. The first kappa shape index (κ1) is 18.9. The molecule has 0 atom stereocenters. The number of aryl methyl sites for hydroxylation is 2. The van der Waals surface area contributed by atoms with E-state index in [1.807, 2.05) is 50.2 Å². The van der Waals surface area contributed by atoms with Gasteiger partial charge in [-0.2, -0.15) is 5.10 Å². The zero-order valence-corrected chi connectivity index (χ0v) is 16.9. The highest BCUT2D eigenvalue weighted by atomic mass is 32.1. The van der Waals surface area contributed by atoms with Gasteiger partial charge < -0.3 is 9.88 Å². The number of thiophene rings is 1. The lowest BCUT2D eigenvalue weighted by atomic mass is 10.1. The van der Waals surface area contributed by atoms with Crippen LogP contribution in [0.1, 0.15) is 26.4 Å². The zero-order chi connectivity index (χ0) is 20.4. The number of aromatic amines is 1. The fourth-order valence-corrected chi connectivity index (χ4v) is 3.95. The lowest BCUT2D eigenvalue weighted by Crippen LogP contribution is -2.29. The summed E-state index contributed by atoms with van der Waals surface area (Å²) in [6.45, 7) is 4.45. The molecule has 1 aromatic carbocycles. The van der Waals surface area contributed by atoms with Gasteiger partial charge in [-0.15, -0.1) is 11.3 Å². The minimum Gasteiger partial charge on any atom is -0.310 e. The Hall–Kier alpha value is -3.45. The fourth-order valence-electron chi connectivity index (χ4n) is 3.12. The minimum atomic E-state index is -0.478. The Kier molecular flexibility index (Phi) is 5.14. The van der Waals surface area contributed by atoms with Crippen LogP contribution in [0.15, 0.2) is 65.6 Å². The van der Waals surface area contributed by atoms with E-state index in [0.717, 1.165) is 21.7 Å². The number of rotatable bonds is 5. The summed E-state index contributed by atoms with van der Waals surface area (Å²) in [6.07, 6.45) is 1.69. The van der Waals surface area contributed by atoms with Crippen molar-refractivity contribution in [2.75, 3.05) is 5.32 Å². The Balaban J connectivity index is 1.53. The molecule has 4 rings (SSSR count). The largest absolute Gasteiger partial charge is 0.310 e. The molecule has 3 heterocycles. The molecule has 0 aliphatic heterocycles. The van der Waals surface area contributed by atoms with Crippen LogP contribution < -0.4 is 10.9 Å². The van der Waals surface area contributed by atoms with Crippen molar-refractivity contribution in [2.45, 2.75) is 20.4 Å². The maximum absolute atomic E-state index is 12.8. The van der Waals surface area contributed by atoms with Gasteiger partial charge in [0, 0.05) is 17.1 Å². The van der Waals surface area contributed by atoms with Gasteiger partial charge in [-0.3, -0.25) is 14.7 Å². The van der Waals surface area contributed by atoms with Crippen molar-refractivity contribution in [3.8, 4) is 10.6 Å². The predicted octanol–water partition coefficient (Wildman–Crippen LogP) is 4.22. The van der Waals surface area contributed by atoms with Crippen molar-refractivity contribution in [3.63, 3.8) is 0 Å². The quantitative estimate of drug-likeness (QED) is 0.523. The third-order valence-corrected chi connectivity index (χ3v) is 5.56. The van der Waals surface area contributed by atoms with Gasteiger partial charge in [0.2, 0.25) is 0 Å². The molecule has 2 N–H and O–H groups in total. The molecular formula is C22H20N4O2S. The van der Waals surface area contributed by atoms with Crippen LogP contribution in [0.25, 0.3) is 10.6 Å². The number of amides is 1. The van der Waals surface area contributed by atoms with Gasteiger partial charge in [0.1, 0.15) is 5.56 Å². The van der Waals surface area contributed by atoms with Crippen molar-refractivity contribution in [3.05, 3.63) is 92.7 Å². The van der Waals surface area contributed by atoms with E-state index >= 15 is 0 Å². The van der Waals surface area contributed by atoms with Crippen molar-refractivity contribution in [1.29, 1.82) is 0 Å². The number of carbonyl (C=O) groups excluding carboxylic acids is 1. The molecule has 0 bridgehead atoms. The summed E-state index contributed by atoms with van der Waals surface area (Å²) >= 11 is 1.64. The molecule has 0 unspecified atom stereocenters. The average Bonchev–Trinajstić information content (AvgIpc) is 3.32. The number of hydrogen-bond donors (Lipinski definition) is 2. The maximum atomic E-state index is 12.8. The molecule has 3 aromatic heterocycles. The van der Waals surface area contributed by atoms with Crippen molar-refractivity contribution in [1.82, 2.24) is 14.8 Å². The van der Waals surface area contributed by atoms with Crippen LogP contribution in [0, 0.1) is 13.8 Å². The Morgan fingerprint density at radius 2 is 2.00 bits per heavy atom. The first-order valence-electron chi connectivity index (χ1n) is 9.18. The summed E-state index contributed by atoms with van der Waals surface area (Å²) in [6, 6.07) is 17.0. The zero-order valence-electron chi connectivity index (χ0n) is 16.1. The summed E-state index contributed by atoms with van der Waals surface area (Å²) in [5, 5.41) is 9.76. The monoisotopic (exact) mass is 404 g/mol. The predicted molar refractivity (Wildman–Crippen MR) is 116 cm³/mol. The van der Waals surface area contributed by atoms with Crippen molar-refractivity contribution in [2.24, 2.45) is 0 Å². The van der Waals surface area contributed by atoms with Crippen LogP contribution in [0.4, 0.5) is 5.82 Å². The van der Waals surface area contributed by atoms with Gasteiger partial charge in [-0.1, -0.05) is 29.8 Å². The molecule has 29 heavy (non-hydrogen) atoms. The number of benzene rings is 1. The molecule has 0 radical (unpaired) electrons. The molecule has 6 nitrogen and oxygen atoms in total. The first-order chi connectivity index (χ1) is 14.0. The molecule has 0 fully saturated rings. The van der Waals surface area contributed by atoms with E-state index in [1.165, 1.54) is 15.5 Å². The van der Waals surface area contributed by atoms with Gasteiger partial charge in [-0.25, -0.2) is 0 Å². The van der Waals surface area contributed by atoms with Crippen LogP contribution in [0.5, 0.6) is 0 Å². The second-order valence-electron chi connectivity index (χ2n) is 6.88. The summed E-state index contributed by atoms with van der Waals surface area (Å²) in [5.74, 6) is -0.0986. The molecule has 0 spiro atoms. The second-order valence-corrected chi connectivity index (χ2v) is 8.16. The Morgan fingerprint density at radius 3 is 2.76 bits per heavy atom. The van der Waals surface area contributed by atoms with Gasteiger partial charge in [-0.05, 0) is 43.7 Å². The molecule has 4 aromatic rings. The highest BCUT2D eigenvalue weighted by Gasteiger charge is 2.15. The SMILES string of the molecule is Cc1cccc(Cn2cccc(C(=O)Nc3cc(-c4ccc(C)s4)[nH]n3)c2=O)c1. The van der Waals surface area contributed by atoms with E-state index in [9.17, 15) is 9.59 Å². The lowest BCUT2D eigenvalue weighted by molar-refractivity contribution is 0.102. The first-order valence-corrected chi connectivity index (χ1v) is 10.00. The number of carbonyl (C=O) groups is 1. The highest BCUT2D eigenvalue weighted by Crippen LogP contribution is 2.27. The summed E-state index contributed by atoms with van der Waals surface area (Å²) in [5.41, 5.74) is 2.70. The summed E-state index contributed by atoms with van der Waals surface area (Å²) < 4.78 is 1.54. The summed E-state index contributed by atoms with van der Waals surface area (Å²) in [4.78, 5) is 27.7. The van der Waals surface area contributed by atoms with Gasteiger partial charge in [0.05, 0.1) is 17.1 Å². The average molecular weight is 404 g/mol. The number of pyridine rings is 1. The van der Waals surface area contributed by atoms with E-state index < -0.39 is 5.91 Å². The molecule has 0 aliphatic rings. The van der Waals surface area contributed by atoms with Crippen LogP contribution in [0.2, 0.25) is 0 Å². The van der Waals surface area contributed by atoms with Crippen LogP contribution in [-0.2, 0) is 6.54 Å². The van der Waals surface area contributed by atoms with E-state index in [-0.39, 0.29) is 11.1 Å². The molecule has 7 heteroatoms. The second kappa shape index (κ2) is 7.89. The van der Waals surface area contributed by atoms with Gasteiger partial charge >= 0.3 is 0 Å². The third kappa shape index (κ3) is 4.20. The van der Waals surface area contributed by atoms with Crippen molar-refractivity contribution < 1.29 is 4.79 Å². The van der Waals surface area contributed by atoms with Crippen molar-refractivity contribution >= 4 is 23.1 Å². The fraction of sp³-hybridized carbons (Fsp3) is 0.136. The number of nitrogens with one attached hydrogen (secondary N) is 2. The molecular weight excluding hydrogens is 384 g/mol. The molecule has 0 aliphatic carbocycles. The standard InChI is InChI=1S/C22H20N4O2S/c1-14-5-3-6-16(11-14)13-26-10-4-7-17(22(26)28)21(27)23-20-12-18(24-25-20)19-9-8-15(2)29-19/h3-12H,13H2,1-2H3,(H2,23,24,25,27). The van der Waals surface area contributed by atoms with Crippen LogP contribution >= 0.6 is 11.3 Å². The Bertz CT molecular complexity index is 1240. The number of H-pyrrole nitrogens is 1. The lowest BCUT2D eigenvalue weighted by Gasteiger charge is -2.08. The van der Waals surface area contributed by atoms with Gasteiger partial charge in [0.25, 0.3) is 11.5 Å². The third-order valence-electron chi connectivity index (χ3n) is 4.53. The van der Waals surface area contributed by atoms with Gasteiger partial charge in [0.15, 0.2) is 5.82 Å². The molecule has 0 saturated carbocycles. The Morgan fingerprint density at radius 1 is 1.14 bits per heavy atom. The van der Waals surface area contributed by atoms with E-state index in [0.29, 0.717) is 12.4 Å². The van der Waals surface area contributed by atoms with Crippen LogP contribution in [0.3, 0.4) is 0 Å². The van der Waals surface area contributed by atoms with Crippen LogP contribution in [-0.4, -0.2) is 20.7 Å². The summed E-state index contributed by atoms with van der Waals surface area (Å²) in [7, 11) is 0. The Labute approximate surface area is 171 Å². The molecule has 1 amide bonds. The minimum absolute atomic E-state index is 0.0803. The molecule has 0 saturated heterocycles. The van der Waals surface area contributed by atoms with E-state index in [2.05, 4.69) is 15.5 Å². The van der Waals surface area contributed by atoms with E-state index in [1.54, 1.807) is 29.7 Å². The number of nitrogens with zero attached hydrogens (tertiary/aromatic N) is 2. The number of aromatic nitrogens is 3. The highest BCUT2D eigenvalue weighted by molar-refractivity contribution is 7.15. The molecule has 146 valence electrons. The topological polar surface area (TPSA) is 79.8 Å². The van der Waals surface area contributed by atoms with E-state index in [4.69, 9.17) is 0 Å². The smallest absolute Gasteiger partial charge is 0.263 e. The normalized spacial score (nSPS) is 10.8.